The first-order valence-electron chi connectivity index (χ1n) is 13.3. The molecule has 4 aromatic rings. The number of halogens is 1. The van der Waals surface area contributed by atoms with Crippen LogP contribution in [0.5, 0.6) is 11.5 Å². The summed E-state index contributed by atoms with van der Waals surface area (Å²) in [6.45, 7) is 0. The van der Waals surface area contributed by atoms with Crippen molar-refractivity contribution in [2.24, 2.45) is 0 Å². The fourth-order valence-corrected chi connectivity index (χ4v) is 4.92. The Balaban J connectivity index is 1.49. The van der Waals surface area contributed by atoms with Crippen molar-refractivity contribution >= 4 is 64.5 Å². The van der Waals surface area contributed by atoms with Gasteiger partial charge in [0.1, 0.15) is 5.70 Å². The lowest BCUT2D eigenvalue weighted by molar-refractivity contribution is -0.114. The molecule has 0 atom stereocenters. The predicted octanol–water partition coefficient (Wildman–Crippen LogP) is 6.20. The number of carboxylic acid groups (broad SMARTS) is 1. The fraction of sp³-hybridized carbons (Fsp3) is 0.0909. The van der Waals surface area contributed by atoms with Gasteiger partial charge in [-0.15, -0.1) is 11.8 Å². The largest absolute Gasteiger partial charge is 0.493 e. The Labute approximate surface area is 268 Å². The molecule has 230 valence electrons. The first kappa shape index (κ1) is 32.6. The van der Waals surface area contributed by atoms with Gasteiger partial charge in [0.25, 0.3) is 11.8 Å². The number of anilines is 2. The Morgan fingerprint density at radius 3 is 2.29 bits per heavy atom. The minimum absolute atomic E-state index is 0.00898. The number of carbonyl (C=O) groups is 4. The number of nitrogens with one attached hydrogen (secondary N) is 3. The number of hydrogen-bond donors (Lipinski definition) is 4. The maximum atomic E-state index is 13.5. The zero-order valence-electron chi connectivity index (χ0n) is 24.1. The van der Waals surface area contributed by atoms with Crippen LogP contribution in [0.4, 0.5) is 11.4 Å². The third-order valence-corrected chi connectivity index (χ3v) is 7.52. The smallest absolute Gasteiger partial charge is 0.335 e. The van der Waals surface area contributed by atoms with E-state index in [4.69, 9.17) is 21.1 Å². The van der Waals surface area contributed by atoms with Crippen molar-refractivity contribution in [3.63, 3.8) is 0 Å². The first-order chi connectivity index (χ1) is 21.7. The monoisotopic (exact) mass is 645 g/mol. The molecule has 12 heteroatoms. The van der Waals surface area contributed by atoms with Gasteiger partial charge in [-0.1, -0.05) is 41.9 Å². The van der Waals surface area contributed by atoms with E-state index in [0.717, 1.165) is 0 Å². The second-order valence-corrected chi connectivity index (χ2v) is 10.8. The van der Waals surface area contributed by atoms with Gasteiger partial charge in [-0.25, -0.2) is 4.79 Å². The second-order valence-electron chi connectivity index (χ2n) is 9.31. The van der Waals surface area contributed by atoms with Gasteiger partial charge >= 0.3 is 5.97 Å². The number of carboxylic acids is 1. The van der Waals surface area contributed by atoms with Crippen molar-refractivity contribution in [3.05, 3.63) is 118 Å². The van der Waals surface area contributed by atoms with Crippen LogP contribution in [0.1, 0.15) is 26.3 Å². The molecule has 0 aliphatic rings. The van der Waals surface area contributed by atoms with E-state index < -0.39 is 23.7 Å². The summed E-state index contributed by atoms with van der Waals surface area (Å²) in [5.41, 5.74) is 1.54. The summed E-state index contributed by atoms with van der Waals surface area (Å²) in [5.74, 6) is -1.65. The van der Waals surface area contributed by atoms with Gasteiger partial charge in [0.05, 0.1) is 36.2 Å². The highest BCUT2D eigenvalue weighted by Gasteiger charge is 2.17. The van der Waals surface area contributed by atoms with Crippen LogP contribution in [-0.2, 0) is 9.59 Å². The molecule has 4 N–H and O–H groups in total. The molecule has 0 saturated heterocycles. The second kappa shape index (κ2) is 15.5. The number of thioether (sulfide) groups is 1. The molecule has 0 unspecified atom stereocenters. The molecular formula is C33H28ClN3O7S. The van der Waals surface area contributed by atoms with Crippen LogP contribution in [0.3, 0.4) is 0 Å². The molecule has 10 nitrogen and oxygen atoms in total. The molecule has 0 heterocycles. The van der Waals surface area contributed by atoms with Gasteiger partial charge in [0.2, 0.25) is 5.91 Å². The Kier molecular flexibility index (Phi) is 11.2. The highest BCUT2D eigenvalue weighted by molar-refractivity contribution is 8.00. The third-order valence-electron chi connectivity index (χ3n) is 6.20. The topological polar surface area (TPSA) is 143 Å². The van der Waals surface area contributed by atoms with Gasteiger partial charge in [-0.3, -0.25) is 14.4 Å². The number of benzene rings is 4. The first-order valence-corrected chi connectivity index (χ1v) is 14.7. The van der Waals surface area contributed by atoms with E-state index in [9.17, 15) is 24.3 Å². The molecule has 0 radical (unpaired) electrons. The van der Waals surface area contributed by atoms with E-state index in [1.165, 1.54) is 50.3 Å². The Morgan fingerprint density at radius 1 is 0.822 bits per heavy atom. The summed E-state index contributed by atoms with van der Waals surface area (Å²) < 4.78 is 10.7. The van der Waals surface area contributed by atoms with Gasteiger partial charge < -0.3 is 30.5 Å². The standard InChI is InChI=1S/C33H28ClN3O7S/c1-43-28-14-11-20(16-29(28)44-2)15-27(37-31(39)21-7-4-3-5-8-21)32(40)35-23-9-6-10-24(18-23)45-19-30(38)36-26-17-22(33(41)42)12-13-25(26)34/h3-18H,19H2,1-2H3,(H,35,40)(H,36,38)(H,37,39)(H,41,42)/b27-15+. The van der Waals surface area contributed by atoms with Gasteiger partial charge in [-0.2, -0.15) is 0 Å². The van der Waals surface area contributed by atoms with Crippen LogP contribution >= 0.6 is 23.4 Å². The van der Waals surface area contributed by atoms with Crippen molar-refractivity contribution in [3.8, 4) is 11.5 Å². The maximum Gasteiger partial charge on any atom is 0.335 e. The summed E-state index contributed by atoms with van der Waals surface area (Å²) in [6.07, 6.45) is 1.52. The molecule has 0 bridgehead atoms. The molecule has 0 aliphatic heterocycles. The van der Waals surface area contributed by atoms with Crippen LogP contribution < -0.4 is 25.4 Å². The van der Waals surface area contributed by atoms with Crippen LogP contribution in [0.25, 0.3) is 6.08 Å². The number of ether oxygens (including phenoxy) is 2. The SMILES string of the molecule is COc1ccc(/C=C(/NC(=O)c2ccccc2)C(=O)Nc2cccc(SCC(=O)Nc3cc(C(=O)O)ccc3Cl)c2)cc1OC. The minimum Gasteiger partial charge on any atom is -0.493 e. The average molecular weight is 646 g/mol. The van der Waals surface area contributed by atoms with Crippen LogP contribution in [0.15, 0.2) is 102 Å². The van der Waals surface area contributed by atoms with Crippen LogP contribution in [0.2, 0.25) is 5.02 Å². The van der Waals surface area contributed by atoms with E-state index in [-0.39, 0.29) is 27.7 Å². The molecule has 0 aliphatic carbocycles. The quantitative estimate of drug-likeness (QED) is 0.105. The predicted molar refractivity (Wildman–Crippen MR) is 174 cm³/mol. The number of carbonyl (C=O) groups excluding carboxylic acids is 3. The molecule has 0 spiro atoms. The van der Waals surface area contributed by atoms with Gasteiger partial charge in [-0.05, 0) is 72.3 Å². The summed E-state index contributed by atoms with van der Waals surface area (Å²) in [5, 5.41) is 17.5. The Hall–Kier alpha value is -5.26. The molecular weight excluding hydrogens is 618 g/mol. The zero-order valence-corrected chi connectivity index (χ0v) is 25.7. The number of rotatable bonds is 12. The minimum atomic E-state index is -1.14. The van der Waals surface area contributed by atoms with Crippen molar-refractivity contribution in [1.82, 2.24) is 5.32 Å². The highest BCUT2D eigenvalue weighted by Crippen LogP contribution is 2.29. The van der Waals surface area contributed by atoms with Gasteiger partial charge in [0.15, 0.2) is 11.5 Å². The summed E-state index contributed by atoms with van der Waals surface area (Å²) in [4.78, 5) is 50.9. The van der Waals surface area contributed by atoms with E-state index in [1.807, 2.05) is 0 Å². The maximum absolute atomic E-state index is 13.5. The average Bonchev–Trinajstić information content (AvgIpc) is 3.04. The molecule has 3 amide bonds. The molecule has 0 fully saturated rings. The molecule has 4 aromatic carbocycles. The van der Waals surface area contributed by atoms with Crippen molar-refractivity contribution < 1.29 is 33.8 Å². The zero-order chi connectivity index (χ0) is 32.3. The van der Waals surface area contributed by atoms with E-state index >= 15 is 0 Å². The van der Waals surface area contributed by atoms with Crippen molar-refractivity contribution in [2.45, 2.75) is 4.90 Å². The van der Waals surface area contributed by atoms with Crippen LogP contribution in [-0.4, -0.2) is 48.8 Å². The fourth-order valence-electron chi connectivity index (χ4n) is 4.00. The molecule has 0 saturated carbocycles. The van der Waals surface area contributed by atoms with E-state index in [2.05, 4.69) is 16.0 Å². The molecule has 4 rings (SSSR count). The lowest BCUT2D eigenvalue weighted by Crippen LogP contribution is -2.30. The normalized spacial score (nSPS) is 10.9. The van der Waals surface area contributed by atoms with Crippen molar-refractivity contribution in [1.29, 1.82) is 0 Å². The third kappa shape index (κ3) is 9.12. The summed E-state index contributed by atoms with van der Waals surface area (Å²) in [7, 11) is 3.01. The number of hydrogen-bond acceptors (Lipinski definition) is 7. The van der Waals surface area contributed by atoms with Gasteiger partial charge in [0, 0.05) is 16.1 Å². The molecule has 45 heavy (non-hydrogen) atoms. The summed E-state index contributed by atoms with van der Waals surface area (Å²) in [6, 6.07) is 24.4. The Bertz CT molecular complexity index is 1760. The lowest BCUT2D eigenvalue weighted by atomic mass is 10.1. The van der Waals surface area contributed by atoms with E-state index in [0.29, 0.717) is 33.2 Å². The number of amides is 3. The number of aromatic carboxylic acids is 1. The highest BCUT2D eigenvalue weighted by atomic mass is 35.5. The van der Waals surface area contributed by atoms with Crippen LogP contribution in [0, 0.1) is 0 Å². The number of methoxy groups -OCH3 is 2. The Morgan fingerprint density at radius 2 is 1.58 bits per heavy atom. The van der Waals surface area contributed by atoms with E-state index in [1.54, 1.807) is 72.8 Å². The van der Waals surface area contributed by atoms with Crippen molar-refractivity contribution in [2.75, 3.05) is 30.6 Å². The summed E-state index contributed by atoms with van der Waals surface area (Å²) >= 11 is 7.30. The lowest BCUT2D eigenvalue weighted by Gasteiger charge is -2.13. The molecule has 0 aromatic heterocycles.